The molecule has 1 rings (SSSR count). The van der Waals surface area contributed by atoms with Crippen LogP contribution in [-0.2, 0) is 9.53 Å². The first-order valence-corrected chi connectivity index (χ1v) is 4.28. The Kier molecular flexibility index (Phi) is 3.49. The first-order chi connectivity index (χ1) is 5.74. The van der Waals surface area contributed by atoms with Crippen LogP contribution < -0.4 is 11.1 Å². The highest BCUT2D eigenvalue weighted by Gasteiger charge is 2.22. The third kappa shape index (κ3) is 2.46. The summed E-state index contributed by atoms with van der Waals surface area (Å²) in [7, 11) is 1.37. The molecule has 3 N–H and O–H groups in total. The van der Waals surface area contributed by atoms with Gasteiger partial charge in [0, 0.05) is 0 Å². The molecule has 2 unspecified atom stereocenters. The fraction of sp³-hybridized carbons (Fsp3) is 0.875. The van der Waals surface area contributed by atoms with E-state index in [4.69, 9.17) is 5.73 Å². The van der Waals surface area contributed by atoms with Gasteiger partial charge in [-0.25, -0.2) is 0 Å². The van der Waals surface area contributed by atoms with Gasteiger partial charge in [-0.15, -0.1) is 0 Å². The van der Waals surface area contributed by atoms with Crippen LogP contribution in [0.15, 0.2) is 0 Å². The molecule has 0 aromatic rings. The van der Waals surface area contributed by atoms with Gasteiger partial charge in [-0.05, 0) is 31.8 Å². The number of ether oxygens (including phenoxy) is 1. The molecule has 0 aliphatic carbocycles. The summed E-state index contributed by atoms with van der Waals surface area (Å²) in [5, 5.41) is 3.23. The van der Waals surface area contributed by atoms with Gasteiger partial charge in [0.2, 0.25) is 0 Å². The minimum absolute atomic E-state index is 0.304. The van der Waals surface area contributed by atoms with Crippen molar-refractivity contribution < 1.29 is 9.53 Å². The van der Waals surface area contributed by atoms with Crippen LogP contribution in [0.4, 0.5) is 0 Å². The molecular weight excluding hydrogens is 156 g/mol. The minimum atomic E-state index is -0.445. The number of nitrogens with one attached hydrogen (secondary N) is 1. The predicted molar refractivity (Wildman–Crippen MR) is 45.6 cm³/mol. The molecule has 0 radical (unpaired) electrons. The Morgan fingerprint density at radius 2 is 2.58 bits per heavy atom. The predicted octanol–water partition coefficient (Wildman–Crippen LogP) is -0.514. The Morgan fingerprint density at radius 1 is 1.83 bits per heavy atom. The number of nitrogens with two attached hydrogens (primary N) is 1. The SMILES string of the molecule is COC(=O)C(N)CC1CCNC1. The summed E-state index contributed by atoms with van der Waals surface area (Å²) in [5.41, 5.74) is 5.61. The van der Waals surface area contributed by atoms with Crippen molar-refractivity contribution in [3.8, 4) is 0 Å². The van der Waals surface area contributed by atoms with Crippen LogP contribution in [0.3, 0.4) is 0 Å². The molecule has 1 aliphatic rings. The second-order valence-electron chi connectivity index (χ2n) is 3.22. The van der Waals surface area contributed by atoms with E-state index in [0.717, 1.165) is 25.9 Å². The number of hydrogen-bond acceptors (Lipinski definition) is 4. The summed E-state index contributed by atoms with van der Waals surface area (Å²) in [6, 6.07) is -0.445. The Labute approximate surface area is 72.5 Å². The molecule has 0 bridgehead atoms. The molecular formula is C8H16N2O2. The molecule has 1 aliphatic heterocycles. The summed E-state index contributed by atoms with van der Waals surface area (Å²) in [6.45, 7) is 2.02. The zero-order chi connectivity index (χ0) is 8.97. The molecule has 1 saturated heterocycles. The Balaban J connectivity index is 2.24. The lowest BCUT2D eigenvalue weighted by atomic mass is 10.00. The zero-order valence-corrected chi connectivity index (χ0v) is 7.38. The molecule has 1 fully saturated rings. The summed E-state index contributed by atoms with van der Waals surface area (Å²) in [5.74, 6) is 0.237. The highest BCUT2D eigenvalue weighted by Crippen LogP contribution is 2.13. The van der Waals surface area contributed by atoms with Gasteiger partial charge in [-0.1, -0.05) is 0 Å². The van der Waals surface area contributed by atoms with E-state index < -0.39 is 6.04 Å². The molecule has 0 saturated carbocycles. The van der Waals surface area contributed by atoms with E-state index in [1.807, 2.05) is 0 Å². The largest absolute Gasteiger partial charge is 0.468 e. The van der Waals surface area contributed by atoms with Gasteiger partial charge in [-0.2, -0.15) is 0 Å². The molecule has 0 aromatic carbocycles. The summed E-state index contributed by atoms with van der Waals surface area (Å²) in [6.07, 6.45) is 1.85. The van der Waals surface area contributed by atoms with E-state index in [9.17, 15) is 4.79 Å². The lowest BCUT2D eigenvalue weighted by molar-refractivity contribution is -0.142. The van der Waals surface area contributed by atoms with Crippen molar-refractivity contribution in [2.75, 3.05) is 20.2 Å². The monoisotopic (exact) mass is 172 g/mol. The van der Waals surface area contributed by atoms with Crippen LogP contribution >= 0.6 is 0 Å². The lowest BCUT2D eigenvalue weighted by Gasteiger charge is -2.12. The van der Waals surface area contributed by atoms with Gasteiger partial charge in [-0.3, -0.25) is 4.79 Å². The van der Waals surface area contributed by atoms with Gasteiger partial charge in [0.25, 0.3) is 0 Å². The van der Waals surface area contributed by atoms with Crippen molar-refractivity contribution in [1.82, 2.24) is 5.32 Å². The fourth-order valence-electron chi connectivity index (χ4n) is 1.52. The topological polar surface area (TPSA) is 64.3 Å². The summed E-state index contributed by atoms with van der Waals surface area (Å²) < 4.78 is 4.54. The Hall–Kier alpha value is -0.610. The van der Waals surface area contributed by atoms with Crippen molar-refractivity contribution in [3.05, 3.63) is 0 Å². The number of rotatable bonds is 3. The van der Waals surface area contributed by atoms with Crippen molar-refractivity contribution in [2.24, 2.45) is 11.7 Å². The highest BCUT2D eigenvalue weighted by molar-refractivity contribution is 5.75. The van der Waals surface area contributed by atoms with Gasteiger partial charge < -0.3 is 15.8 Å². The molecule has 4 nitrogen and oxygen atoms in total. The molecule has 0 amide bonds. The van der Waals surface area contributed by atoms with E-state index >= 15 is 0 Å². The van der Waals surface area contributed by atoms with Gasteiger partial charge in [0.05, 0.1) is 7.11 Å². The van der Waals surface area contributed by atoms with Crippen molar-refractivity contribution in [3.63, 3.8) is 0 Å². The third-order valence-corrected chi connectivity index (χ3v) is 2.25. The van der Waals surface area contributed by atoms with E-state index in [1.165, 1.54) is 7.11 Å². The quantitative estimate of drug-likeness (QED) is 0.563. The van der Waals surface area contributed by atoms with Crippen molar-refractivity contribution >= 4 is 5.97 Å². The van der Waals surface area contributed by atoms with Crippen LogP contribution in [0, 0.1) is 5.92 Å². The van der Waals surface area contributed by atoms with Crippen LogP contribution in [-0.4, -0.2) is 32.2 Å². The molecule has 2 atom stereocenters. The normalized spacial score (nSPS) is 25.3. The van der Waals surface area contributed by atoms with Gasteiger partial charge in [0.15, 0.2) is 0 Å². The summed E-state index contributed by atoms with van der Waals surface area (Å²) in [4.78, 5) is 10.9. The van der Waals surface area contributed by atoms with Crippen LogP contribution in [0.25, 0.3) is 0 Å². The number of hydrogen-bond donors (Lipinski definition) is 2. The minimum Gasteiger partial charge on any atom is -0.468 e. The Bertz CT molecular complexity index is 155. The number of carbonyl (C=O) groups is 1. The average molecular weight is 172 g/mol. The highest BCUT2D eigenvalue weighted by atomic mass is 16.5. The van der Waals surface area contributed by atoms with E-state index in [0.29, 0.717) is 5.92 Å². The van der Waals surface area contributed by atoms with Crippen LogP contribution in [0.1, 0.15) is 12.8 Å². The van der Waals surface area contributed by atoms with Crippen molar-refractivity contribution in [2.45, 2.75) is 18.9 Å². The van der Waals surface area contributed by atoms with E-state index in [2.05, 4.69) is 10.1 Å². The van der Waals surface area contributed by atoms with E-state index in [-0.39, 0.29) is 5.97 Å². The van der Waals surface area contributed by atoms with Gasteiger partial charge in [0.1, 0.15) is 6.04 Å². The van der Waals surface area contributed by atoms with Crippen molar-refractivity contribution in [1.29, 1.82) is 0 Å². The summed E-state index contributed by atoms with van der Waals surface area (Å²) >= 11 is 0. The molecule has 0 aromatic heterocycles. The average Bonchev–Trinajstić information content (AvgIpc) is 2.55. The first-order valence-electron chi connectivity index (χ1n) is 4.28. The maximum Gasteiger partial charge on any atom is 0.322 e. The molecule has 0 spiro atoms. The number of methoxy groups -OCH3 is 1. The molecule has 12 heavy (non-hydrogen) atoms. The maximum absolute atomic E-state index is 10.9. The number of esters is 1. The van der Waals surface area contributed by atoms with Gasteiger partial charge >= 0.3 is 5.97 Å². The third-order valence-electron chi connectivity index (χ3n) is 2.25. The van der Waals surface area contributed by atoms with Crippen LogP contribution in [0.5, 0.6) is 0 Å². The molecule has 70 valence electrons. The smallest absolute Gasteiger partial charge is 0.322 e. The molecule has 1 heterocycles. The second kappa shape index (κ2) is 4.42. The number of carbonyl (C=O) groups excluding carboxylic acids is 1. The van der Waals surface area contributed by atoms with Crippen LogP contribution in [0.2, 0.25) is 0 Å². The zero-order valence-electron chi connectivity index (χ0n) is 7.38. The standard InChI is InChI=1S/C8H16N2O2/c1-12-8(11)7(9)4-6-2-3-10-5-6/h6-7,10H,2-5,9H2,1H3. The maximum atomic E-state index is 10.9. The fourth-order valence-corrected chi connectivity index (χ4v) is 1.52. The lowest BCUT2D eigenvalue weighted by Crippen LogP contribution is -2.34. The first kappa shape index (κ1) is 9.48. The Morgan fingerprint density at radius 3 is 3.08 bits per heavy atom. The second-order valence-corrected chi connectivity index (χ2v) is 3.22. The van der Waals surface area contributed by atoms with E-state index in [1.54, 1.807) is 0 Å². The molecule has 4 heteroatoms.